The van der Waals surface area contributed by atoms with Gasteiger partial charge in [0, 0.05) is 12.6 Å². The van der Waals surface area contributed by atoms with Gasteiger partial charge in [-0.15, -0.1) is 5.10 Å². The van der Waals surface area contributed by atoms with Crippen LogP contribution in [0.15, 0.2) is 24.3 Å². The van der Waals surface area contributed by atoms with E-state index in [1.807, 2.05) is 18.2 Å². The average Bonchev–Trinajstić information content (AvgIpc) is 3.22. The molecule has 33 heavy (non-hydrogen) atoms. The summed E-state index contributed by atoms with van der Waals surface area (Å²) >= 11 is 5.38. The summed E-state index contributed by atoms with van der Waals surface area (Å²) in [5.74, 6) is -2.61. The van der Waals surface area contributed by atoms with Gasteiger partial charge in [0.25, 0.3) is 11.8 Å². The molecule has 0 saturated carbocycles. The molecule has 0 spiro atoms. The number of nitrogens with zero attached hydrogens (tertiary/aromatic N) is 4. The first-order valence-electron chi connectivity index (χ1n) is 9.02. The maximum atomic E-state index is 11.5. The molecule has 3 aromatic rings. The zero-order valence-electron chi connectivity index (χ0n) is 16.9. The van der Waals surface area contributed by atoms with Gasteiger partial charge in [0.2, 0.25) is 0 Å². The Hall–Kier alpha value is -4.30. The number of methoxy groups -OCH3 is 1. The van der Waals surface area contributed by atoms with Crippen molar-refractivity contribution in [1.29, 1.82) is 0 Å². The predicted octanol–water partition coefficient (Wildman–Crippen LogP) is -0.0311. The largest absolute Gasteiger partial charge is 0.482 e. The van der Waals surface area contributed by atoms with Crippen molar-refractivity contribution >= 4 is 46.9 Å². The van der Waals surface area contributed by atoms with E-state index in [0.29, 0.717) is 18.0 Å². The van der Waals surface area contributed by atoms with Crippen molar-refractivity contribution in [1.82, 2.24) is 24.6 Å². The van der Waals surface area contributed by atoms with Crippen LogP contribution in [0.25, 0.3) is 5.65 Å². The fourth-order valence-electron chi connectivity index (χ4n) is 2.71. The maximum Gasteiger partial charge on any atom is 0.356 e. The molecular weight excluding hydrogens is 462 g/mol. The highest BCUT2D eigenvalue weighted by atomic mass is 35.5. The van der Waals surface area contributed by atoms with Gasteiger partial charge < -0.3 is 25.6 Å². The van der Waals surface area contributed by atoms with Gasteiger partial charge in [-0.2, -0.15) is 4.52 Å². The third-order valence-electron chi connectivity index (χ3n) is 4.17. The van der Waals surface area contributed by atoms with Gasteiger partial charge in [0.15, 0.2) is 29.3 Å². The molecule has 0 radical (unpaired) electrons. The number of aromatic carboxylic acids is 1. The number of aromatic nitrogens is 4. The molecule has 2 amide bonds. The number of esters is 1. The second-order valence-corrected chi connectivity index (χ2v) is 6.61. The summed E-state index contributed by atoms with van der Waals surface area (Å²) < 4.78 is 10.6. The van der Waals surface area contributed by atoms with Crippen LogP contribution in [0.2, 0.25) is 0 Å². The lowest BCUT2D eigenvalue weighted by Crippen LogP contribution is -2.25. The fraction of sp³-hybridized carbons (Fsp3) is 0.167. The number of hydrogen-bond donors (Lipinski definition) is 4. The number of carbonyl (C=O) groups is 4. The molecule has 0 aliphatic carbocycles. The number of primary amides is 1. The molecule has 14 nitrogen and oxygen atoms in total. The Morgan fingerprint density at radius 1 is 1.36 bits per heavy atom. The molecule has 2 aromatic heterocycles. The monoisotopic (exact) mass is 477 g/mol. The number of carboxylic acids is 1. The molecule has 4 rings (SSSR count). The van der Waals surface area contributed by atoms with E-state index in [4.69, 9.17) is 27.4 Å². The van der Waals surface area contributed by atoms with Crippen LogP contribution in [0.5, 0.6) is 5.75 Å². The second-order valence-electron chi connectivity index (χ2n) is 6.34. The fourth-order valence-corrected chi connectivity index (χ4v) is 2.87. The molecule has 0 atom stereocenters. The average molecular weight is 478 g/mol. The summed E-state index contributed by atoms with van der Waals surface area (Å²) in [5, 5.41) is 18.6. The number of benzene rings is 1. The first-order chi connectivity index (χ1) is 15.7. The summed E-state index contributed by atoms with van der Waals surface area (Å²) in [4.78, 5) is 50.8. The lowest BCUT2D eigenvalue weighted by molar-refractivity contribution is -0.118. The van der Waals surface area contributed by atoms with Crippen molar-refractivity contribution in [3.05, 3.63) is 46.9 Å². The Morgan fingerprint density at radius 3 is 2.76 bits per heavy atom. The minimum absolute atomic E-state index is 0.0834. The zero-order valence-corrected chi connectivity index (χ0v) is 17.6. The van der Waals surface area contributed by atoms with Crippen molar-refractivity contribution in [2.24, 2.45) is 5.73 Å². The number of anilines is 1. The Kier molecular flexibility index (Phi) is 7.00. The summed E-state index contributed by atoms with van der Waals surface area (Å²) in [6.45, 7) is 0.630. The molecule has 0 fully saturated rings. The molecule has 0 bridgehead atoms. The van der Waals surface area contributed by atoms with Gasteiger partial charge in [-0.05, 0) is 29.5 Å². The number of hydrogen-bond acceptors (Lipinski definition) is 10. The molecule has 15 heteroatoms. The number of carbonyl (C=O) groups excluding carboxylic acids is 3. The van der Waals surface area contributed by atoms with Gasteiger partial charge in [-0.25, -0.2) is 19.4 Å². The highest BCUT2D eigenvalue weighted by Gasteiger charge is 2.22. The summed E-state index contributed by atoms with van der Waals surface area (Å²) in [5.41, 5.74) is 5.48. The topological polar surface area (TPSA) is 200 Å². The van der Waals surface area contributed by atoms with Crippen molar-refractivity contribution in [2.75, 3.05) is 19.0 Å². The number of halogens is 1. The number of rotatable bonds is 5. The van der Waals surface area contributed by atoms with E-state index in [9.17, 15) is 19.2 Å². The number of fused-ring (bicyclic) bond motifs is 2. The van der Waals surface area contributed by atoms with Crippen LogP contribution in [0.3, 0.4) is 0 Å². The van der Waals surface area contributed by atoms with Gasteiger partial charge >= 0.3 is 11.9 Å². The van der Waals surface area contributed by atoms with Gasteiger partial charge in [0.05, 0.1) is 12.8 Å². The molecule has 0 saturated heterocycles. The minimum Gasteiger partial charge on any atom is -0.482 e. The summed E-state index contributed by atoms with van der Waals surface area (Å²) in [6.07, 6.45) is 0. The molecule has 3 heterocycles. The summed E-state index contributed by atoms with van der Waals surface area (Å²) in [7, 11) is 1.11. The third kappa shape index (κ3) is 5.13. The summed E-state index contributed by atoms with van der Waals surface area (Å²) in [6, 6.07) is 6.51. The highest BCUT2D eigenvalue weighted by molar-refractivity contribution is 6.13. The van der Waals surface area contributed by atoms with Crippen LogP contribution in [0, 0.1) is 0 Å². The Labute approximate surface area is 189 Å². The van der Waals surface area contributed by atoms with E-state index >= 15 is 0 Å². The first-order valence-corrected chi connectivity index (χ1v) is 9.39. The number of nitrogens with two attached hydrogens (primary N) is 1. The molecule has 5 N–H and O–H groups in total. The number of nitrogens with one attached hydrogen (secondary N) is 2. The van der Waals surface area contributed by atoms with E-state index in [0.717, 1.165) is 23.3 Å². The van der Waals surface area contributed by atoms with Crippen molar-refractivity contribution in [2.45, 2.75) is 6.54 Å². The molecule has 1 aliphatic heterocycles. The Bertz CT molecular complexity index is 1260. The zero-order chi connectivity index (χ0) is 24.1. The van der Waals surface area contributed by atoms with Gasteiger partial charge in [0.1, 0.15) is 5.75 Å². The van der Waals surface area contributed by atoms with Crippen molar-refractivity contribution in [3.63, 3.8) is 0 Å². The van der Waals surface area contributed by atoms with Crippen molar-refractivity contribution in [3.8, 4) is 5.75 Å². The standard InChI is InChI=1S/C9H9ClN2O2.C9H7N5O5/c10-11-4-6-1-2-8-7(3-6)12-9(13)5-14-8;1-19-9(18)4-2-3(8(16)17)11-7-5(6(10)15)12-13-14(4)7/h1-3,11H,4-5H2,(H,12,13);2H,1H3,(H2,10,15)(H,16,17). The Balaban J connectivity index is 0.000000194. The first kappa shape index (κ1) is 23.4. The maximum absolute atomic E-state index is 11.5. The van der Waals surface area contributed by atoms with Crippen LogP contribution in [0.1, 0.15) is 37.0 Å². The number of ether oxygens (including phenoxy) is 2. The third-order valence-corrected chi connectivity index (χ3v) is 4.30. The van der Waals surface area contributed by atoms with E-state index in [1.54, 1.807) is 0 Å². The SMILES string of the molecule is COC(=O)c1cc(C(=O)O)nc2c(C(N)=O)nnn12.O=C1COc2ccc(CNCl)cc2N1. The van der Waals surface area contributed by atoms with E-state index in [2.05, 4.69) is 30.2 Å². The van der Waals surface area contributed by atoms with Gasteiger partial charge in [-0.1, -0.05) is 11.3 Å². The van der Waals surface area contributed by atoms with Gasteiger partial charge in [-0.3, -0.25) is 9.59 Å². The molecule has 1 aliphatic rings. The van der Waals surface area contributed by atoms with Crippen LogP contribution < -0.4 is 20.6 Å². The van der Waals surface area contributed by atoms with Crippen LogP contribution in [-0.2, 0) is 16.1 Å². The Morgan fingerprint density at radius 2 is 2.12 bits per heavy atom. The van der Waals surface area contributed by atoms with E-state index in [1.165, 1.54) is 0 Å². The quantitative estimate of drug-likeness (QED) is 0.284. The smallest absolute Gasteiger partial charge is 0.356 e. The van der Waals surface area contributed by atoms with Crippen LogP contribution in [0.4, 0.5) is 5.69 Å². The van der Waals surface area contributed by atoms with E-state index in [-0.39, 0.29) is 29.5 Å². The van der Waals surface area contributed by atoms with Crippen LogP contribution >= 0.6 is 11.8 Å². The normalized spacial score (nSPS) is 12.0. The molecular formula is C18H16ClN7O7. The number of amides is 2. The minimum atomic E-state index is -1.38. The molecule has 0 unspecified atom stereocenters. The van der Waals surface area contributed by atoms with Crippen molar-refractivity contribution < 1.29 is 33.8 Å². The lowest BCUT2D eigenvalue weighted by Gasteiger charge is -2.18. The number of carboxylic acid groups (broad SMARTS) is 1. The highest BCUT2D eigenvalue weighted by Crippen LogP contribution is 2.28. The second kappa shape index (κ2) is 9.88. The molecule has 1 aromatic carbocycles. The molecule has 172 valence electrons. The van der Waals surface area contributed by atoms with Crippen LogP contribution in [-0.4, -0.2) is 62.4 Å². The van der Waals surface area contributed by atoms with E-state index < -0.39 is 23.5 Å². The predicted molar refractivity (Wildman–Crippen MR) is 111 cm³/mol. The lowest BCUT2D eigenvalue weighted by atomic mass is 10.1.